The van der Waals surface area contributed by atoms with Gasteiger partial charge in [-0.2, -0.15) is 0 Å². The van der Waals surface area contributed by atoms with Gasteiger partial charge in [-0.05, 0) is 90.1 Å². The van der Waals surface area contributed by atoms with Gasteiger partial charge in [0.25, 0.3) is 0 Å². The SMILES string of the molecule is CCCNC(c1ccc(Br)c(Cl)c1)c1cc(Br)sc1Br. The molecule has 1 unspecified atom stereocenters. The maximum absolute atomic E-state index is 6.23. The third-order valence-corrected chi connectivity index (χ3v) is 6.49. The molecule has 1 heterocycles. The summed E-state index contributed by atoms with van der Waals surface area (Å²) in [4.78, 5) is 0. The van der Waals surface area contributed by atoms with E-state index in [1.807, 2.05) is 12.1 Å². The molecule has 2 aromatic rings. The molecule has 0 radical (unpaired) electrons. The number of rotatable bonds is 5. The topological polar surface area (TPSA) is 12.0 Å². The van der Waals surface area contributed by atoms with Gasteiger partial charge in [0.2, 0.25) is 0 Å². The fourth-order valence-corrected chi connectivity index (χ4v) is 5.28. The van der Waals surface area contributed by atoms with Gasteiger partial charge in [-0.15, -0.1) is 11.3 Å². The first-order valence-electron chi connectivity index (χ1n) is 6.16. The van der Waals surface area contributed by atoms with Crippen LogP contribution in [0.25, 0.3) is 0 Å². The average molecular weight is 502 g/mol. The Morgan fingerprint density at radius 1 is 1.25 bits per heavy atom. The molecule has 1 aromatic carbocycles. The number of thiophene rings is 1. The highest BCUT2D eigenvalue weighted by Gasteiger charge is 2.19. The Balaban J connectivity index is 2.41. The molecule has 2 rings (SSSR count). The van der Waals surface area contributed by atoms with E-state index < -0.39 is 0 Å². The van der Waals surface area contributed by atoms with Crippen LogP contribution in [0.15, 0.2) is 36.3 Å². The Labute approximate surface area is 153 Å². The zero-order valence-electron chi connectivity index (χ0n) is 10.7. The number of nitrogens with one attached hydrogen (secondary N) is 1. The van der Waals surface area contributed by atoms with Crippen molar-refractivity contribution in [3.63, 3.8) is 0 Å². The second-order valence-corrected chi connectivity index (χ2v) is 9.35. The van der Waals surface area contributed by atoms with Crippen LogP contribution in [0.5, 0.6) is 0 Å². The monoisotopic (exact) mass is 499 g/mol. The summed E-state index contributed by atoms with van der Waals surface area (Å²) in [5.74, 6) is 0. The van der Waals surface area contributed by atoms with Crippen LogP contribution in [0, 0.1) is 0 Å². The minimum atomic E-state index is 0.137. The molecule has 20 heavy (non-hydrogen) atoms. The molecule has 0 saturated carbocycles. The average Bonchev–Trinajstić information content (AvgIpc) is 2.73. The van der Waals surface area contributed by atoms with Crippen LogP contribution >= 0.6 is 70.7 Å². The number of hydrogen-bond donors (Lipinski definition) is 1. The van der Waals surface area contributed by atoms with Crippen molar-refractivity contribution >= 4 is 70.7 Å². The van der Waals surface area contributed by atoms with E-state index >= 15 is 0 Å². The summed E-state index contributed by atoms with van der Waals surface area (Å²) >= 11 is 18.5. The molecular weight excluding hydrogens is 489 g/mol. The maximum Gasteiger partial charge on any atom is 0.0761 e. The van der Waals surface area contributed by atoms with E-state index in [0.717, 1.165) is 35.6 Å². The fourth-order valence-electron chi connectivity index (χ4n) is 1.94. The van der Waals surface area contributed by atoms with Crippen LogP contribution in [0.3, 0.4) is 0 Å². The van der Waals surface area contributed by atoms with Crippen molar-refractivity contribution in [2.75, 3.05) is 6.54 Å². The summed E-state index contributed by atoms with van der Waals surface area (Å²) in [6, 6.07) is 8.39. The maximum atomic E-state index is 6.23. The molecule has 0 saturated heterocycles. The molecule has 1 nitrogen and oxygen atoms in total. The van der Waals surface area contributed by atoms with Crippen molar-refractivity contribution in [1.82, 2.24) is 5.32 Å². The van der Waals surface area contributed by atoms with Gasteiger partial charge in [0.05, 0.1) is 18.6 Å². The van der Waals surface area contributed by atoms with Crippen molar-refractivity contribution in [1.29, 1.82) is 0 Å². The summed E-state index contributed by atoms with van der Waals surface area (Å²) in [6.45, 7) is 3.12. The van der Waals surface area contributed by atoms with E-state index in [4.69, 9.17) is 11.6 Å². The molecule has 1 atom stereocenters. The van der Waals surface area contributed by atoms with Crippen molar-refractivity contribution in [3.8, 4) is 0 Å². The second-order valence-electron chi connectivity index (χ2n) is 4.34. The van der Waals surface area contributed by atoms with Gasteiger partial charge in [-0.1, -0.05) is 24.6 Å². The first kappa shape index (κ1) is 17.0. The van der Waals surface area contributed by atoms with E-state index in [9.17, 15) is 0 Å². The first-order chi connectivity index (χ1) is 9.52. The summed E-state index contributed by atoms with van der Waals surface area (Å²) in [5, 5.41) is 4.32. The summed E-state index contributed by atoms with van der Waals surface area (Å²) in [7, 11) is 0. The van der Waals surface area contributed by atoms with Crippen molar-refractivity contribution in [3.05, 3.63) is 52.5 Å². The summed E-state index contributed by atoms with van der Waals surface area (Å²) in [5.41, 5.74) is 2.39. The molecule has 6 heteroatoms. The molecule has 0 aliphatic carbocycles. The van der Waals surface area contributed by atoms with Crippen molar-refractivity contribution in [2.45, 2.75) is 19.4 Å². The van der Waals surface area contributed by atoms with Crippen LogP contribution in [-0.4, -0.2) is 6.54 Å². The van der Waals surface area contributed by atoms with E-state index in [1.54, 1.807) is 11.3 Å². The predicted molar refractivity (Wildman–Crippen MR) is 99.0 cm³/mol. The zero-order valence-corrected chi connectivity index (χ0v) is 17.1. The largest absolute Gasteiger partial charge is 0.306 e. The predicted octanol–water partition coefficient (Wildman–Crippen LogP) is 6.78. The Kier molecular flexibility index (Phi) is 6.57. The van der Waals surface area contributed by atoms with Gasteiger partial charge >= 0.3 is 0 Å². The normalized spacial score (nSPS) is 12.7. The van der Waals surface area contributed by atoms with Crippen molar-refractivity contribution < 1.29 is 0 Å². The minimum Gasteiger partial charge on any atom is -0.306 e. The molecule has 1 N–H and O–H groups in total. The van der Waals surface area contributed by atoms with Crippen LogP contribution in [-0.2, 0) is 0 Å². The van der Waals surface area contributed by atoms with Crippen molar-refractivity contribution in [2.24, 2.45) is 0 Å². The highest BCUT2D eigenvalue weighted by atomic mass is 79.9. The standard InChI is InChI=1S/C14H13Br3ClNS/c1-2-5-19-13(9-7-12(16)20-14(9)17)8-3-4-10(15)11(18)6-8/h3-4,6-7,13,19H,2,5H2,1H3. The Morgan fingerprint density at radius 2 is 2.00 bits per heavy atom. The van der Waals surface area contributed by atoms with Gasteiger partial charge in [0, 0.05) is 4.47 Å². The molecule has 0 aliphatic rings. The third-order valence-electron chi connectivity index (χ3n) is 2.87. The number of hydrogen-bond acceptors (Lipinski definition) is 2. The molecular formula is C14H13Br3ClNS. The van der Waals surface area contributed by atoms with Crippen LogP contribution in [0.1, 0.15) is 30.5 Å². The lowest BCUT2D eigenvalue weighted by molar-refractivity contribution is 0.598. The second kappa shape index (κ2) is 7.75. The van der Waals surface area contributed by atoms with Gasteiger partial charge in [-0.3, -0.25) is 0 Å². The first-order valence-corrected chi connectivity index (χ1v) is 9.73. The van der Waals surface area contributed by atoms with E-state index in [-0.39, 0.29) is 6.04 Å². The van der Waals surface area contributed by atoms with E-state index in [0.29, 0.717) is 0 Å². The molecule has 1 aromatic heterocycles. The Bertz CT molecular complexity index is 600. The molecule has 0 spiro atoms. The smallest absolute Gasteiger partial charge is 0.0761 e. The summed E-state index contributed by atoms with van der Waals surface area (Å²) in [6.07, 6.45) is 1.09. The van der Waals surface area contributed by atoms with E-state index in [2.05, 4.69) is 72.2 Å². The minimum absolute atomic E-state index is 0.137. The molecule has 0 fully saturated rings. The van der Waals surface area contributed by atoms with Gasteiger partial charge in [-0.25, -0.2) is 0 Å². The van der Waals surface area contributed by atoms with Crippen LogP contribution in [0.4, 0.5) is 0 Å². The van der Waals surface area contributed by atoms with E-state index in [1.165, 1.54) is 5.56 Å². The highest BCUT2D eigenvalue weighted by molar-refractivity contribution is 9.12. The highest BCUT2D eigenvalue weighted by Crippen LogP contribution is 2.39. The molecule has 0 amide bonds. The van der Waals surface area contributed by atoms with Gasteiger partial charge in [0.15, 0.2) is 0 Å². The molecule has 108 valence electrons. The molecule has 0 aliphatic heterocycles. The third kappa shape index (κ3) is 4.08. The number of halogens is 4. The van der Waals surface area contributed by atoms with Crippen LogP contribution < -0.4 is 5.32 Å². The summed E-state index contributed by atoms with van der Waals surface area (Å²) < 4.78 is 3.17. The molecule has 0 bridgehead atoms. The van der Waals surface area contributed by atoms with Gasteiger partial charge in [0.1, 0.15) is 0 Å². The lowest BCUT2D eigenvalue weighted by atomic mass is 10.0. The lowest BCUT2D eigenvalue weighted by Gasteiger charge is -2.19. The van der Waals surface area contributed by atoms with Gasteiger partial charge < -0.3 is 5.32 Å². The Morgan fingerprint density at radius 3 is 2.55 bits per heavy atom. The Hall–Kier alpha value is 0.610. The van der Waals surface area contributed by atoms with Crippen LogP contribution in [0.2, 0.25) is 5.02 Å². The fraction of sp³-hybridized carbons (Fsp3) is 0.286. The lowest BCUT2D eigenvalue weighted by Crippen LogP contribution is -2.23. The quantitative estimate of drug-likeness (QED) is 0.476. The number of benzene rings is 1. The zero-order chi connectivity index (χ0) is 14.7.